The van der Waals surface area contributed by atoms with Crippen LogP contribution in [-0.4, -0.2) is 36.5 Å². The number of fused-ring (bicyclic) bond motifs is 1. The van der Waals surface area contributed by atoms with Crippen LogP contribution in [0.3, 0.4) is 0 Å². The van der Waals surface area contributed by atoms with E-state index in [0.29, 0.717) is 28.5 Å². The van der Waals surface area contributed by atoms with Gasteiger partial charge in [-0.15, -0.1) is 13.2 Å². The lowest BCUT2D eigenvalue weighted by atomic mass is 9.78. The van der Waals surface area contributed by atoms with Gasteiger partial charge in [-0.2, -0.15) is 0 Å². The molecule has 2 bridgehead atoms. The topological polar surface area (TPSA) is 27.7 Å². The molecule has 2 aliphatic carbocycles. The van der Waals surface area contributed by atoms with Crippen molar-refractivity contribution >= 4 is 15.9 Å². The minimum atomic E-state index is -0.204. The van der Waals surface area contributed by atoms with E-state index in [1.165, 1.54) is 6.42 Å². The maximum absolute atomic E-state index is 6.31. The van der Waals surface area contributed by atoms with Crippen LogP contribution >= 0.6 is 15.9 Å². The molecular formula is C16H23BrO3. The molecule has 3 fully saturated rings. The number of halogens is 1. The third-order valence-electron chi connectivity index (χ3n) is 5.41. The highest BCUT2D eigenvalue weighted by Crippen LogP contribution is 2.58. The predicted octanol–water partition coefficient (Wildman–Crippen LogP) is 3.15. The molecule has 0 aromatic heterocycles. The van der Waals surface area contributed by atoms with Gasteiger partial charge in [0.15, 0.2) is 6.29 Å². The largest absolute Gasteiger partial charge is 0.366 e. The maximum atomic E-state index is 6.31. The van der Waals surface area contributed by atoms with Gasteiger partial charge in [0.1, 0.15) is 12.2 Å². The van der Waals surface area contributed by atoms with Gasteiger partial charge < -0.3 is 14.2 Å². The summed E-state index contributed by atoms with van der Waals surface area (Å²) < 4.78 is 18.1. The Balaban J connectivity index is 1.94. The number of alkyl halides is 1. The van der Waals surface area contributed by atoms with Crippen molar-refractivity contribution in [1.82, 2.24) is 0 Å². The van der Waals surface area contributed by atoms with Gasteiger partial charge in [0.05, 0.1) is 6.10 Å². The Hall–Kier alpha value is -0.160. The Bertz CT molecular complexity index is 399. The van der Waals surface area contributed by atoms with E-state index in [0.717, 1.165) is 0 Å². The molecular weight excluding hydrogens is 320 g/mol. The minimum Gasteiger partial charge on any atom is -0.366 e. The molecule has 3 aliphatic rings. The average molecular weight is 343 g/mol. The van der Waals surface area contributed by atoms with Gasteiger partial charge in [-0.3, -0.25) is 0 Å². The fourth-order valence-electron chi connectivity index (χ4n) is 4.41. The van der Waals surface area contributed by atoms with Crippen molar-refractivity contribution in [2.75, 3.05) is 7.11 Å². The Labute approximate surface area is 129 Å². The van der Waals surface area contributed by atoms with Crippen molar-refractivity contribution in [3.63, 3.8) is 0 Å². The monoisotopic (exact) mass is 342 g/mol. The zero-order valence-electron chi connectivity index (χ0n) is 12.1. The molecule has 0 spiro atoms. The van der Waals surface area contributed by atoms with Crippen LogP contribution in [0.1, 0.15) is 13.3 Å². The van der Waals surface area contributed by atoms with Crippen LogP contribution in [-0.2, 0) is 14.2 Å². The van der Waals surface area contributed by atoms with Crippen LogP contribution in [0, 0.1) is 23.7 Å². The lowest BCUT2D eigenvalue weighted by molar-refractivity contribution is -0.241. The van der Waals surface area contributed by atoms with E-state index in [2.05, 4.69) is 36.0 Å². The zero-order valence-corrected chi connectivity index (χ0v) is 13.7. The van der Waals surface area contributed by atoms with E-state index in [4.69, 9.17) is 14.2 Å². The van der Waals surface area contributed by atoms with Crippen LogP contribution in [0.15, 0.2) is 25.3 Å². The molecule has 0 aromatic rings. The van der Waals surface area contributed by atoms with Gasteiger partial charge in [0.2, 0.25) is 0 Å². The second kappa shape index (κ2) is 5.56. The van der Waals surface area contributed by atoms with Gasteiger partial charge >= 0.3 is 0 Å². The summed E-state index contributed by atoms with van der Waals surface area (Å²) >= 11 is 3.86. The Morgan fingerprint density at radius 3 is 2.35 bits per heavy atom. The van der Waals surface area contributed by atoms with E-state index in [9.17, 15) is 0 Å². The summed E-state index contributed by atoms with van der Waals surface area (Å²) in [6.07, 6.45) is 4.46. The first-order valence-corrected chi connectivity index (χ1v) is 8.26. The summed E-state index contributed by atoms with van der Waals surface area (Å²) in [4.78, 5) is 0.419. The molecule has 0 amide bonds. The SMILES string of the molecule is C=CC1OC(OC)C2C(C)C3CC2C(OC1C=C)C3Br. The van der Waals surface area contributed by atoms with Crippen molar-refractivity contribution in [1.29, 1.82) is 0 Å². The minimum absolute atomic E-state index is 0.161. The number of hydrogen-bond donors (Lipinski definition) is 0. The van der Waals surface area contributed by atoms with Crippen molar-refractivity contribution in [2.45, 2.75) is 42.8 Å². The molecule has 1 saturated heterocycles. The molecule has 9 atom stereocenters. The third kappa shape index (κ3) is 2.04. The number of rotatable bonds is 3. The molecule has 0 aromatic carbocycles. The van der Waals surface area contributed by atoms with Gasteiger partial charge in [-0.25, -0.2) is 0 Å². The van der Waals surface area contributed by atoms with Crippen LogP contribution in [0.5, 0.6) is 0 Å². The summed E-state index contributed by atoms with van der Waals surface area (Å²) in [7, 11) is 1.73. The Kier molecular flexibility index (Phi) is 4.10. The van der Waals surface area contributed by atoms with Crippen molar-refractivity contribution in [3.05, 3.63) is 25.3 Å². The maximum Gasteiger partial charge on any atom is 0.161 e. The van der Waals surface area contributed by atoms with Gasteiger partial charge in [-0.1, -0.05) is 35.0 Å². The standard InChI is InChI=1S/C16H23BrO3/c1-5-11-12(6-2)20-16(18-4)13-8(3)9-7-10(13)15(19-11)14(9)17/h5-6,8-16H,1-2,7H2,3-4H3. The van der Waals surface area contributed by atoms with Crippen molar-refractivity contribution in [3.8, 4) is 0 Å². The second-order valence-corrected chi connectivity index (χ2v) is 7.24. The van der Waals surface area contributed by atoms with E-state index >= 15 is 0 Å². The number of ether oxygens (including phenoxy) is 3. The van der Waals surface area contributed by atoms with Crippen LogP contribution < -0.4 is 0 Å². The fourth-order valence-corrected chi connectivity index (χ4v) is 5.63. The van der Waals surface area contributed by atoms with E-state index < -0.39 is 0 Å². The Morgan fingerprint density at radius 1 is 1.15 bits per heavy atom. The molecule has 0 radical (unpaired) electrons. The molecule has 4 heteroatoms. The van der Waals surface area contributed by atoms with E-state index in [1.807, 2.05) is 6.08 Å². The molecule has 1 aliphatic heterocycles. The normalized spacial score (nSPS) is 54.2. The molecule has 3 rings (SSSR count). The molecule has 9 unspecified atom stereocenters. The van der Waals surface area contributed by atoms with Crippen LogP contribution in [0.2, 0.25) is 0 Å². The smallest absolute Gasteiger partial charge is 0.161 e. The molecule has 112 valence electrons. The second-order valence-electron chi connectivity index (χ2n) is 6.19. The lowest BCUT2D eigenvalue weighted by Gasteiger charge is -2.45. The molecule has 2 saturated carbocycles. The van der Waals surface area contributed by atoms with Crippen molar-refractivity contribution < 1.29 is 14.2 Å². The molecule has 1 heterocycles. The molecule has 3 nitrogen and oxygen atoms in total. The highest BCUT2D eigenvalue weighted by atomic mass is 79.9. The van der Waals surface area contributed by atoms with Crippen LogP contribution in [0.25, 0.3) is 0 Å². The zero-order chi connectivity index (χ0) is 14.4. The fraction of sp³-hybridized carbons (Fsp3) is 0.750. The van der Waals surface area contributed by atoms with Gasteiger partial charge in [0.25, 0.3) is 0 Å². The van der Waals surface area contributed by atoms with E-state index in [-0.39, 0.29) is 24.6 Å². The summed E-state index contributed by atoms with van der Waals surface area (Å²) in [5, 5.41) is 0. The number of hydrogen-bond acceptors (Lipinski definition) is 3. The van der Waals surface area contributed by atoms with Crippen LogP contribution in [0.4, 0.5) is 0 Å². The summed E-state index contributed by atoms with van der Waals surface area (Å²) in [6.45, 7) is 10.1. The quantitative estimate of drug-likeness (QED) is 0.582. The predicted molar refractivity (Wildman–Crippen MR) is 81.7 cm³/mol. The first-order valence-electron chi connectivity index (χ1n) is 7.35. The lowest BCUT2D eigenvalue weighted by Crippen LogP contribution is -2.52. The van der Waals surface area contributed by atoms with E-state index in [1.54, 1.807) is 13.2 Å². The summed E-state index contributed by atoms with van der Waals surface area (Å²) in [5.74, 6) is 2.12. The highest BCUT2D eigenvalue weighted by molar-refractivity contribution is 9.09. The summed E-state index contributed by atoms with van der Waals surface area (Å²) in [6, 6.07) is 0. The van der Waals surface area contributed by atoms with Crippen molar-refractivity contribution in [2.24, 2.45) is 23.7 Å². The molecule has 20 heavy (non-hydrogen) atoms. The highest BCUT2D eigenvalue weighted by Gasteiger charge is 2.60. The third-order valence-corrected chi connectivity index (χ3v) is 6.61. The summed E-state index contributed by atoms with van der Waals surface area (Å²) in [5.41, 5.74) is 0. The number of methoxy groups -OCH3 is 1. The molecule has 0 N–H and O–H groups in total. The van der Waals surface area contributed by atoms with Gasteiger partial charge in [-0.05, 0) is 24.2 Å². The first kappa shape index (κ1) is 14.8. The first-order chi connectivity index (χ1) is 9.62. The average Bonchev–Trinajstić information content (AvgIpc) is 2.92. The Morgan fingerprint density at radius 2 is 1.80 bits per heavy atom. The van der Waals surface area contributed by atoms with Gasteiger partial charge in [0, 0.05) is 17.9 Å².